The highest BCUT2D eigenvalue weighted by molar-refractivity contribution is 8.00. The van der Waals surface area contributed by atoms with Gasteiger partial charge in [0.15, 0.2) is 10.8 Å². The van der Waals surface area contributed by atoms with E-state index >= 15 is 0 Å². The van der Waals surface area contributed by atoms with E-state index in [0.29, 0.717) is 6.08 Å². The topological polar surface area (TPSA) is 172 Å². The fraction of sp³-hybridized carbons (Fsp3) is 0.429. The highest BCUT2D eigenvalue weighted by atomic mass is 32.2. The van der Waals surface area contributed by atoms with Crippen LogP contribution in [-0.4, -0.2) is 82.9 Å². The summed E-state index contributed by atoms with van der Waals surface area (Å²) in [5, 5.41) is 6.83. The number of oxime groups is 1. The van der Waals surface area contributed by atoms with E-state index in [0.717, 1.165) is 28.0 Å². The second-order valence-electron chi connectivity index (χ2n) is 7.58. The number of hydrogen-bond donors (Lipinski definition) is 2. The summed E-state index contributed by atoms with van der Waals surface area (Å²) in [5.41, 5.74) is 4.76. The standard InChI is InChI=1S/C21H22F3N5O8S2/c1-4-35-20(33)37-9(2)36-18(32)14-10(5-6-21(22,23)24)7-38-17-13(16(31)29(14)17)27-15(30)12(28-34-3)11-8-39-19(25)26-11/h5-6,8-9,13,17H,4,7H2,1-3H3,(H2,25,26)(H,27,30)/t9?,13?,17-/m1/s1. The third kappa shape index (κ3) is 7.20. The minimum absolute atomic E-state index is 0.0159. The second kappa shape index (κ2) is 12.4. The van der Waals surface area contributed by atoms with Crippen LogP contribution < -0.4 is 11.1 Å². The molecular formula is C21H22F3N5O8S2. The number of amides is 2. The summed E-state index contributed by atoms with van der Waals surface area (Å²) in [6.45, 7) is 2.68. The summed E-state index contributed by atoms with van der Waals surface area (Å²) in [6.07, 6.45) is -6.78. The molecule has 2 unspecified atom stereocenters. The molecule has 3 atom stereocenters. The van der Waals surface area contributed by atoms with Gasteiger partial charge in [0.25, 0.3) is 11.8 Å². The third-order valence-corrected chi connectivity index (χ3v) is 6.89. The number of carbonyl (C=O) groups is 4. The van der Waals surface area contributed by atoms with Gasteiger partial charge in [0.05, 0.1) is 6.61 Å². The van der Waals surface area contributed by atoms with Crippen LogP contribution in [0, 0.1) is 0 Å². The van der Waals surface area contributed by atoms with E-state index < -0.39 is 53.5 Å². The number of esters is 1. The molecule has 1 saturated heterocycles. The fourth-order valence-electron chi connectivity index (χ4n) is 3.37. The Morgan fingerprint density at radius 1 is 1.36 bits per heavy atom. The van der Waals surface area contributed by atoms with Crippen molar-refractivity contribution in [3.8, 4) is 0 Å². The van der Waals surface area contributed by atoms with Crippen LogP contribution >= 0.6 is 23.1 Å². The van der Waals surface area contributed by atoms with Crippen molar-refractivity contribution >= 4 is 57.9 Å². The first-order valence-corrected chi connectivity index (χ1v) is 12.9. The molecule has 0 saturated carbocycles. The predicted octanol–water partition coefficient (Wildman–Crippen LogP) is 1.91. The maximum atomic E-state index is 13.1. The van der Waals surface area contributed by atoms with Gasteiger partial charge in [0.2, 0.25) is 6.29 Å². The Labute approximate surface area is 227 Å². The first kappa shape index (κ1) is 29.8. The molecule has 0 radical (unpaired) electrons. The Morgan fingerprint density at radius 2 is 2.08 bits per heavy atom. The van der Waals surface area contributed by atoms with Crippen LogP contribution in [0.15, 0.2) is 34.0 Å². The van der Waals surface area contributed by atoms with Gasteiger partial charge in [-0.2, -0.15) is 13.2 Å². The fourth-order valence-corrected chi connectivity index (χ4v) is 5.24. The number of nitrogens with two attached hydrogens (primary N) is 1. The molecule has 3 N–H and O–H groups in total. The van der Waals surface area contributed by atoms with Crippen LogP contribution in [-0.2, 0) is 33.4 Å². The molecule has 13 nitrogen and oxygen atoms in total. The van der Waals surface area contributed by atoms with Crippen LogP contribution in [0.4, 0.5) is 23.1 Å². The number of aromatic nitrogens is 1. The van der Waals surface area contributed by atoms with Gasteiger partial charge >= 0.3 is 18.3 Å². The lowest BCUT2D eigenvalue weighted by atomic mass is 10.0. The van der Waals surface area contributed by atoms with Crippen molar-refractivity contribution in [2.45, 2.75) is 37.7 Å². The highest BCUT2D eigenvalue weighted by Crippen LogP contribution is 2.41. The average molecular weight is 594 g/mol. The Kier molecular flexibility index (Phi) is 9.44. The summed E-state index contributed by atoms with van der Waals surface area (Å²) in [5.74, 6) is -3.02. The van der Waals surface area contributed by atoms with Crippen molar-refractivity contribution in [1.82, 2.24) is 15.2 Å². The van der Waals surface area contributed by atoms with Gasteiger partial charge in [0.1, 0.15) is 29.9 Å². The number of nitrogens with one attached hydrogen (secondary N) is 1. The van der Waals surface area contributed by atoms with Gasteiger partial charge in [-0.1, -0.05) is 11.2 Å². The molecule has 1 aromatic rings. The molecule has 1 aromatic heterocycles. The van der Waals surface area contributed by atoms with Gasteiger partial charge < -0.3 is 30.1 Å². The van der Waals surface area contributed by atoms with Crippen LogP contribution in [0.1, 0.15) is 19.5 Å². The molecule has 212 valence electrons. The van der Waals surface area contributed by atoms with Crippen molar-refractivity contribution < 1.29 is 51.4 Å². The molecule has 2 amide bonds. The number of halogens is 3. The summed E-state index contributed by atoms with van der Waals surface area (Å²) in [6, 6.07) is -1.18. The molecule has 3 rings (SSSR count). The molecule has 0 aliphatic carbocycles. The van der Waals surface area contributed by atoms with Gasteiger partial charge in [-0.15, -0.1) is 23.1 Å². The Morgan fingerprint density at radius 3 is 2.67 bits per heavy atom. The SMILES string of the molecule is CCOC(=O)OC(C)OC(=O)C1=C(C=CC(F)(F)F)CS[C@@H]2C(NC(=O)C(=NOC)c3csc(N)n3)C(=O)N12. The lowest BCUT2D eigenvalue weighted by Gasteiger charge is -2.49. The van der Waals surface area contributed by atoms with Crippen LogP contribution in [0.3, 0.4) is 0 Å². The van der Waals surface area contributed by atoms with Crippen molar-refractivity contribution in [3.63, 3.8) is 0 Å². The third-order valence-electron chi connectivity index (χ3n) is 4.91. The Hall–Kier alpha value is -3.80. The molecule has 3 heterocycles. The number of ether oxygens (including phenoxy) is 3. The second-order valence-corrected chi connectivity index (χ2v) is 9.57. The first-order valence-electron chi connectivity index (χ1n) is 11.0. The molecule has 0 spiro atoms. The van der Waals surface area contributed by atoms with Crippen molar-refractivity contribution in [2.75, 3.05) is 25.2 Å². The van der Waals surface area contributed by atoms with E-state index in [-0.39, 0.29) is 40.5 Å². The smallest absolute Gasteiger partial charge is 0.435 e. The molecule has 18 heteroatoms. The minimum atomic E-state index is -4.70. The summed E-state index contributed by atoms with van der Waals surface area (Å²) in [7, 11) is 1.20. The molecule has 2 aliphatic heterocycles. The zero-order chi connectivity index (χ0) is 28.9. The largest absolute Gasteiger partial charge is 0.511 e. The number of carbonyl (C=O) groups excluding carboxylic acids is 4. The van der Waals surface area contributed by atoms with E-state index in [4.69, 9.17) is 15.2 Å². The Balaban J connectivity index is 1.83. The van der Waals surface area contributed by atoms with Crippen molar-refractivity contribution in [2.24, 2.45) is 5.16 Å². The molecular weight excluding hydrogens is 571 g/mol. The molecule has 0 bridgehead atoms. The van der Waals surface area contributed by atoms with Gasteiger partial charge in [-0.05, 0) is 12.5 Å². The van der Waals surface area contributed by atoms with Crippen molar-refractivity contribution in [1.29, 1.82) is 0 Å². The van der Waals surface area contributed by atoms with Crippen LogP contribution in [0.2, 0.25) is 0 Å². The van der Waals surface area contributed by atoms with Gasteiger partial charge in [-0.3, -0.25) is 14.5 Å². The summed E-state index contributed by atoms with van der Waals surface area (Å²) in [4.78, 5) is 60.0. The quantitative estimate of drug-likeness (QED) is 0.141. The number of thiazole rings is 1. The monoisotopic (exact) mass is 593 g/mol. The van der Waals surface area contributed by atoms with Gasteiger partial charge in [-0.25, -0.2) is 14.6 Å². The van der Waals surface area contributed by atoms with E-state index in [1.54, 1.807) is 0 Å². The number of allylic oxidation sites excluding steroid dienone is 2. The summed E-state index contributed by atoms with van der Waals surface area (Å²) < 4.78 is 52.9. The van der Waals surface area contributed by atoms with Crippen molar-refractivity contribution in [3.05, 3.63) is 34.5 Å². The number of thioether (sulfide) groups is 1. The van der Waals surface area contributed by atoms with Crippen LogP contribution in [0.5, 0.6) is 0 Å². The van der Waals surface area contributed by atoms with Gasteiger partial charge in [0, 0.05) is 24.1 Å². The number of anilines is 1. The lowest BCUT2D eigenvalue weighted by molar-refractivity contribution is -0.168. The normalized spacial score (nSPS) is 20.2. The summed E-state index contributed by atoms with van der Waals surface area (Å²) >= 11 is 2.05. The van der Waals surface area contributed by atoms with Crippen LogP contribution in [0.25, 0.3) is 0 Å². The number of hydrogen-bond acceptors (Lipinski definition) is 13. The number of rotatable bonds is 9. The maximum absolute atomic E-state index is 13.1. The number of nitrogen functional groups attached to an aromatic ring is 1. The lowest BCUT2D eigenvalue weighted by Crippen LogP contribution is -2.71. The van der Waals surface area contributed by atoms with E-state index in [9.17, 15) is 32.3 Å². The van der Waals surface area contributed by atoms with E-state index in [1.807, 2.05) is 0 Å². The number of fused-ring (bicyclic) bond motifs is 1. The highest BCUT2D eigenvalue weighted by Gasteiger charge is 2.54. The first-order chi connectivity index (χ1) is 18.4. The molecule has 0 aromatic carbocycles. The molecule has 1 fully saturated rings. The zero-order valence-electron chi connectivity index (χ0n) is 20.5. The minimum Gasteiger partial charge on any atom is -0.435 e. The molecule has 2 aliphatic rings. The number of nitrogens with zero attached hydrogens (tertiary/aromatic N) is 3. The average Bonchev–Trinajstić information content (AvgIpc) is 3.28. The maximum Gasteiger partial charge on any atom is 0.511 e. The predicted molar refractivity (Wildman–Crippen MR) is 131 cm³/mol. The Bertz CT molecular complexity index is 1230. The van der Waals surface area contributed by atoms with E-state index in [1.165, 1.54) is 26.3 Å². The number of alkyl halides is 3. The van der Waals surface area contributed by atoms with E-state index in [2.05, 4.69) is 25.0 Å². The number of β-lactam (4-membered cyclic amide) rings is 1. The zero-order valence-corrected chi connectivity index (χ0v) is 22.1. The molecule has 39 heavy (non-hydrogen) atoms.